The van der Waals surface area contributed by atoms with E-state index >= 15 is 0 Å². The van der Waals surface area contributed by atoms with Gasteiger partial charge in [-0.1, -0.05) is 42.5 Å². The summed E-state index contributed by atoms with van der Waals surface area (Å²) in [5, 5.41) is 3.05. The number of benzene rings is 3. The fraction of sp³-hybridized carbons (Fsp3) is 0.286. The monoisotopic (exact) mass is 460 g/mol. The predicted octanol–water partition coefficient (Wildman–Crippen LogP) is 4.44. The van der Waals surface area contributed by atoms with Crippen LogP contribution in [0.25, 0.3) is 0 Å². The summed E-state index contributed by atoms with van der Waals surface area (Å²) >= 11 is 0. The van der Waals surface area contributed by atoms with Gasteiger partial charge in [0.1, 0.15) is 11.6 Å². The van der Waals surface area contributed by atoms with Crippen LogP contribution in [-0.4, -0.2) is 43.5 Å². The number of nitrogens with one attached hydrogen (secondary N) is 1. The molecule has 1 fully saturated rings. The molecule has 1 aliphatic heterocycles. The first-order valence-corrected chi connectivity index (χ1v) is 11.5. The summed E-state index contributed by atoms with van der Waals surface area (Å²) < 4.78 is 18.5. The smallest absolute Gasteiger partial charge is 0.253 e. The number of hydrogen-bond donors (Lipinski definition) is 1. The predicted molar refractivity (Wildman–Crippen MR) is 129 cm³/mol. The Labute approximate surface area is 199 Å². The maximum atomic E-state index is 13.3. The minimum Gasteiger partial charge on any atom is -0.497 e. The van der Waals surface area contributed by atoms with Gasteiger partial charge in [0.25, 0.3) is 5.91 Å². The van der Waals surface area contributed by atoms with Crippen molar-refractivity contribution in [1.29, 1.82) is 0 Å². The molecule has 34 heavy (non-hydrogen) atoms. The SMILES string of the molecule is COc1ccc(CCNC(=O)[C@H]2C[C@H](c3ccccc3)CN(C(=O)c3ccc(F)cc3)C2)cc1. The minimum atomic E-state index is -0.383. The largest absolute Gasteiger partial charge is 0.497 e. The lowest BCUT2D eigenvalue weighted by atomic mass is 9.83. The molecule has 3 aromatic rings. The van der Waals surface area contributed by atoms with E-state index in [1.807, 2.05) is 54.6 Å². The van der Waals surface area contributed by atoms with Gasteiger partial charge in [0.2, 0.25) is 5.91 Å². The van der Waals surface area contributed by atoms with Gasteiger partial charge in [-0.25, -0.2) is 4.39 Å². The Morgan fingerprint density at radius 2 is 1.68 bits per heavy atom. The number of amides is 2. The summed E-state index contributed by atoms with van der Waals surface area (Å²) in [4.78, 5) is 28.0. The Balaban J connectivity index is 1.44. The number of carbonyl (C=O) groups excluding carboxylic acids is 2. The van der Waals surface area contributed by atoms with Crippen LogP contribution in [0.1, 0.15) is 33.8 Å². The number of rotatable bonds is 7. The van der Waals surface area contributed by atoms with Crippen LogP contribution in [0.15, 0.2) is 78.9 Å². The molecule has 0 spiro atoms. The molecule has 1 heterocycles. The molecule has 1 aliphatic rings. The zero-order chi connectivity index (χ0) is 23.9. The Kier molecular flexibility index (Phi) is 7.58. The fourth-order valence-corrected chi connectivity index (χ4v) is 4.46. The molecule has 0 radical (unpaired) electrons. The van der Waals surface area contributed by atoms with E-state index in [4.69, 9.17) is 4.74 Å². The quantitative estimate of drug-likeness (QED) is 0.567. The van der Waals surface area contributed by atoms with E-state index in [0.717, 1.165) is 16.9 Å². The van der Waals surface area contributed by atoms with E-state index in [-0.39, 0.29) is 29.5 Å². The Morgan fingerprint density at radius 1 is 0.971 bits per heavy atom. The highest BCUT2D eigenvalue weighted by Crippen LogP contribution is 2.31. The van der Waals surface area contributed by atoms with Crippen molar-refractivity contribution >= 4 is 11.8 Å². The summed E-state index contributed by atoms with van der Waals surface area (Å²) in [6.45, 7) is 1.38. The number of piperidine rings is 1. The van der Waals surface area contributed by atoms with Gasteiger partial charge < -0.3 is 15.0 Å². The number of carbonyl (C=O) groups is 2. The van der Waals surface area contributed by atoms with Crippen LogP contribution < -0.4 is 10.1 Å². The first kappa shape index (κ1) is 23.5. The van der Waals surface area contributed by atoms with Gasteiger partial charge in [-0.3, -0.25) is 9.59 Å². The zero-order valence-electron chi connectivity index (χ0n) is 19.2. The van der Waals surface area contributed by atoms with Crippen molar-refractivity contribution in [2.75, 3.05) is 26.7 Å². The number of hydrogen-bond acceptors (Lipinski definition) is 3. The second-order valence-corrected chi connectivity index (χ2v) is 8.65. The van der Waals surface area contributed by atoms with Crippen molar-refractivity contribution in [2.45, 2.75) is 18.8 Å². The molecular formula is C28H29FN2O3. The standard InChI is InChI=1S/C28H29FN2O3/c1-34-26-13-7-20(8-14-26)15-16-30-27(32)24-17-23(21-5-3-2-4-6-21)18-31(19-24)28(33)22-9-11-25(29)12-10-22/h2-14,23-24H,15-19H2,1H3,(H,30,32)/t23-,24-/m0/s1. The second-order valence-electron chi connectivity index (χ2n) is 8.65. The van der Waals surface area contributed by atoms with Gasteiger partial charge in [-0.15, -0.1) is 0 Å². The second kappa shape index (κ2) is 11.0. The lowest BCUT2D eigenvalue weighted by molar-refractivity contribution is -0.126. The first-order chi connectivity index (χ1) is 16.5. The molecule has 1 saturated heterocycles. The van der Waals surface area contributed by atoms with E-state index in [0.29, 0.717) is 38.0 Å². The molecule has 6 heteroatoms. The van der Waals surface area contributed by atoms with Crippen LogP contribution in [-0.2, 0) is 11.2 Å². The summed E-state index contributed by atoms with van der Waals surface area (Å²) in [6, 6.07) is 23.3. The molecule has 2 amide bonds. The van der Waals surface area contributed by atoms with E-state index in [9.17, 15) is 14.0 Å². The highest BCUT2D eigenvalue weighted by Gasteiger charge is 2.34. The zero-order valence-corrected chi connectivity index (χ0v) is 19.2. The number of nitrogens with zero attached hydrogens (tertiary/aromatic N) is 1. The Bertz CT molecular complexity index is 1100. The third-order valence-electron chi connectivity index (χ3n) is 6.34. The topological polar surface area (TPSA) is 58.6 Å². The Hall–Kier alpha value is -3.67. The van der Waals surface area contributed by atoms with Crippen molar-refractivity contribution in [2.24, 2.45) is 5.92 Å². The summed E-state index contributed by atoms with van der Waals surface area (Å²) in [6.07, 6.45) is 1.38. The van der Waals surface area contributed by atoms with Gasteiger partial charge in [0.05, 0.1) is 13.0 Å². The first-order valence-electron chi connectivity index (χ1n) is 11.5. The Morgan fingerprint density at radius 3 is 2.35 bits per heavy atom. The molecular weight excluding hydrogens is 431 g/mol. The van der Waals surface area contributed by atoms with Crippen molar-refractivity contribution in [1.82, 2.24) is 10.2 Å². The number of likely N-dealkylation sites (tertiary alicyclic amines) is 1. The maximum Gasteiger partial charge on any atom is 0.253 e. The van der Waals surface area contributed by atoms with Gasteiger partial charge in [-0.2, -0.15) is 0 Å². The molecule has 0 aromatic heterocycles. The molecule has 0 bridgehead atoms. The molecule has 4 rings (SSSR count). The number of methoxy groups -OCH3 is 1. The summed E-state index contributed by atoms with van der Waals surface area (Å²) in [7, 11) is 1.63. The van der Waals surface area contributed by atoms with Crippen LogP contribution in [0.2, 0.25) is 0 Å². The molecule has 176 valence electrons. The van der Waals surface area contributed by atoms with Gasteiger partial charge in [-0.05, 0) is 60.4 Å². The van der Waals surface area contributed by atoms with Crippen LogP contribution >= 0.6 is 0 Å². The number of ether oxygens (including phenoxy) is 1. The maximum absolute atomic E-state index is 13.3. The lowest BCUT2D eigenvalue weighted by Crippen LogP contribution is -2.48. The third kappa shape index (κ3) is 5.81. The molecule has 0 aliphatic carbocycles. The highest BCUT2D eigenvalue weighted by atomic mass is 19.1. The van der Waals surface area contributed by atoms with Crippen molar-refractivity contribution in [3.63, 3.8) is 0 Å². The molecule has 2 atom stereocenters. The van der Waals surface area contributed by atoms with E-state index in [1.54, 1.807) is 12.0 Å². The normalized spacial score (nSPS) is 17.8. The highest BCUT2D eigenvalue weighted by molar-refractivity contribution is 5.94. The van der Waals surface area contributed by atoms with Gasteiger partial charge >= 0.3 is 0 Å². The average molecular weight is 461 g/mol. The third-order valence-corrected chi connectivity index (χ3v) is 6.34. The summed E-state index contributed by atoms with van der Waals surface area (Å²) in [5.41, 5.74) is 2.64. The van der Waals surface area contributed by atoms with E-state index < -0.39 is 0 Å². The van der Waals surface area contributed by atoms with E-state index in [2.05, 4.69) is 5.32 Å². The summed E-state index contributed by atoms with van der Waals surface area (Å²) in [5.74, 6) is -0.0852. The molecule has 3 aromatic carbocycles. The average Bonchev–Trinajstić information content (AvgIpc) is 2.89. The van der Waals surface area contributed by atoms with Crippen LogP contribution in [0.3, 0.4) is 0 Å². The van der Waals surface area contributed by atoms with Crippen molar-refractivity contribution in [3.8, 4) is 5.75 Å². The fourth-order valence-electron chi connectivity index (χ4n) is 4.46. The van der Waals surface area contributed by atoms with Crippen LogP contribution in [0.5, 0.6) is 5.75 Å². The van der Waals surface area contributed by atoms with Crippen LogP contribution in [0.4, 0.5) is 4.39 Å². The molecule has 0 unspecified atom stereocenters. The van der Waals surface area contributed by atoms with Gasteiger partial charge in [0.15, 0.2) is 0 Å². The van der Waals surface area contributed by atoms with Crippen LogP contribution in [0, 0.1) is 11.7 Å². The molecule has 5 nitrogen and oxygen atoms in total. The molecule has 0 saturated carbocycles. The van der Waals surface area contributed by atoms with Crippen molar-refractivity contribution < 1.29 is 18.7 Å². The van der Waals surface area contributed by atoms with Gasteiger partial charge in [0, 0.05) is 31.1 Å². The number of halogens is 1. The van der Waals surface area contributed by atoms with Crippen molar-refractivity contribution in [3.05, 3.63) is 101 Å². The lowest BCUT2D eigenvalue weighted by Gasteiger charge is -2.37. The minimum absolute atomic E-state index is 0.0500. The molecule has 1 N–H and O–H groups in total. The van der Waals surface area contributed by atoms with E-state index in [1.165, 1.54) is 24.3 Å².